The second-order valence-electron chi connectivity index (χ2n) is 5.92. The Labute approximate surface area is 152 Å². The number of nitrogens with one attached hydrogen (secondary N) is 1. The molecule has 0 aliphatic heterocycles. The fourth-order valence-electron chi connectivity index (χ4n) is 2.64. The molecule has 25 heavy (non-hydrogen) atoms. The maximum Gasteiger partial charge on any atom is 0.270 e. The molecule has 130 valence electrons. The third-order valence-electron chi connectivity index (χ3n) is 4.04. The van der Waals surface area contributed by atoms with E-state index in [-0.39, 0.29) is 5.91 Å². The van der Waals surface area contributed by atoms with E-state index in [9.17, 15) is 4.79 Å². The van der Waals surface area contributed by atoms with Crippen LogP contribution in [0.3, 0.4) is 0 Å². The van der Waals surface area contributed by atoms with Gasteiger partial charge in [0.2, 0.25) is 0 Å². The zero-order valence-electron chi connectivity index (χ0n) is 14.4. The summed E-state index contributed by atoms with van der Waals surface area (Å²) >= 11 is 5.98. The molecule has 2 heterocycles. The summed E-state index contributed by atoms with van der Waals surface area (Å²) in [4.78, 5) is 12.6. The Kier molecular flexibility index (Phi) is 5.24. The Morgan fingerprint density at radius 1 is 1.24 bits per heavy atom. The Morgan fingerprint density at radius 2 is 2.00 bits per heavy atom. The lowest BCUT2D eigenvalue weighted by atomic mass is 10.2. The van der Waals surface area contributed by atoms with Crippen LogP contribution in [0.5, 0.6) is 0 Å². The summed E-state index contributed by atoms with van der Waals surface area (Å²) in [7, 11) is 1.96. The molecule has 0 unspecified atom stereocenters. The molecule has 0 bridgehead atoms. The first-order chi connectivity index (χ1) is 12.1. The Hall–Kier alpha value is -2.53. The summed E-state index contributed by atoms with van der Waals surface area (Å²) < 4.78 is 3.65. The van der Waals surface area contributed by atoms with Gasteiger partial charge in [-0.3, -0.25) is 4.79 Å². The second kappa shape index (κ2) is 7.57. The van der Waals surface area contributed by atoms with Crippen LogP contribution >= 0.6 is 11.6 Å². The van der Waals surface area contributed by atoms with Crippen molar-refractivity contribution in [3.63, 3.8) is 0 Å². The Balaban J connectivity index is 2.01. The smallest absolute Gasteiger partial charge is 0.270 e. The number of hydrogen-bond donors (Lipinski definition) is 1. The number of carbonyl (C=O) groups is 1. The first-order valence-electron chi connectivity index (χ1n) is 8.36. The van der Waals surface area contributed by atoms with Gasteiger partial charge < -0.3 is 9.88 Å². The zero-order valence-corrected chi connectivity index (χ0v) is 15.1. The molecule has 0 fully saturated rings. The van der Waals surface area contributed by atoms with Crippen LogP contribution in [-0.2, 0) is 7.05 Å². The maximum absolute atomic E-state index is 12.6. The van der Waals surface area contributed by atoms with Crippen LogP contribution in [0, 0.1) is 0 Å². The van der Waals surface area contributed by atoms with Crippen LogP contribution in [0.15, 0.2) is 48.7 Å². The molecule has 2 aromatic heterocycles. The highest BCUT2D eigenvalue weighted by Gasteiger charge is 2.18. The number of aryl methyl sites for hydroxylation is 1. The molecule has 3 rings (SSSR count). The van der Waals surface area contributed by atoms with E-state index in [1.165, 1.54) is 0 Å². The molecular weight excluding hydrogens is 336 g/mol. The predicted molar refractivity (Wildman–Crippen MR) is 100 cm³/mol. The normalized spacial score (nSPS) is 10.8. The number of aromatic nitrogens is 3. The molecule has 1 N–H and O–H groups in total. The van der Waals surface area contributed by atoms with E-state index in [1.807, 2.05) is 48.1 Å². The number of halogens is 1. The van der Waals surface area contributed by atoms with Crippen LogP contribution in [0.1, 0.15) is 30.3 Å². The lowest BCUT2D eigenvalue weighted by molar-refractivity contribution is 0.0945. The van der Waals surface area contributed by atoms with Gasteiger partial charge in [0.25, 0.3) is 5.91 Å². The van der Waals surface area contributed by atoms with E-state index in [1.54, 1.807) is 16.8 Å². The SMILES string of the molecule is CCCCNC(=O)c1cc(-c2cccn2C)nn1-c1ccc(Cl)cc1. The number of hydrogen-bond acceptors (Lipinski definition) is 2. The molecular formula is C19H21ClN4O. The molecule has 5 nitrogen and oxygen atoms in total. The molecule has 0 aliphatic rings. The van der Waals surface area contributed by atoms with Crippen molar-refractivity contribution in [1.82, 2.24) is 19.7 Å². The molecule has 0 saturated heterocycles. The van der Waals surface area contributed by atoms with E-state index in [4.69, 9.17) is 11.6 Å². The second-order valence-corrected chi connectivity index (χ2v) is 6.35. The number of nitrogens with zero attached hydrogens (tertiary/aromatic N) is 3. The Bertz CT molecular complexity index is 864. The zero-order chi connectivity index (χ0) is 17.8. The highest BCUT2D eigenvalue weighted by atomic mass is 35.5. The van der Waals surface area contributed by atoms with Crippen LogP contribution in [0.4, 0.5) is 0 Å². The number of carbonyl (C=O) groups excluding carboxylic acids is 1. The number of amides is 1. The summed E-state index contributed by atoms with van der Waals surface area (Å²) in [6.07, 6.45) is 3.94. The monoisotopic (exact) mass is 356 g/mol. The van der Waals surface area contributed by atoms with Crippen molar-refractivity contribution in [2.75, 3.05) is 6.54 Å². The summed E-state index contributed by atoms with van der Waals surface area (Å²) in [6.45, 7) is 2.75. The van der Waals surface area contributed by atoms with Crippen LogP contribution in [-0.4, -0.2) is 26.8 Å². The van der Waals surface area contributed by atoms with E-state index in [2.05, 4.69) is 17.3 Å². The Morgan fingerprint density at radius 3 is 2.64 bits per heavy atom. The van der Waals surface area contributed by atoms with Crippen molar-refractivity contribution in [3.8, 4) is 17.1 Å². The lowest BCUT2D eigenvalue weighted by Gasteiger charge is -2.08. The number of rotatable bonds is 6. The van der Waals surface area contributed by atoms with Gasteiger partial charge >= 0.3 is 0 Å². The predicted octanol–water partition coefficient (Wildman–Crippen LogP) is 4.06. The van der Waals surface area contributed by atoms with E-state index in [0.29, 0.717) is 17.3 Å². The van der Waals surface area contributed by atoms with E-state index in [0.717, 1.165) is 29.9 Å². The van der Waals surface area contributed by atoms with Gasteiger partial charge in [0.15, 0.2) is 0 Å². The first kappa shape index (κ1) is 17.3. The fraction of sp³-hybridized carbons (Fsp3) is 0.263. The summed E-state index contributed by atoms with van der Waals surface area (Å²) in [5, 5.41) is 8.26. The summed E-state index contributed by atoms with van der Waals surface area (Å²) in [5.74, 6) is -0.128. The minimum atomic E-state index is -0.128. The molecule has 6 heteroatoms. The van der Waals surface area contributed by atoms with Gasteiger partial charge in [0.05, 0.1) is 11.4 Å². The quantitative estimate of drug-likeness (QED) is 0.677. The number of benzene rings is 1. The van der Waals surface area contributed by atoms with Crippen molar-refractivity contribution in [2.24, 2.45) is 7.05 Å². The third-order valence-corrected chi connectivity index (χ3v) is 4.29. The molecule has 0 spiro atoms. The van der Waals surface area contributed by atoms with Crippen LogP contribution in [0.25, 0.3) is 17.1 Å². The number of unbranched alkanes of at least 4 members (excludes halogenated alkanes) is 1. The minimum Gasteiger partial charge on any atom is -0.351 e. The highest BCUT2D eigenvalue weighted by molar-refractivity contribution is 6.30. The molecule has 0 saturated carbocycles. The van der Waals surface area contributed by atoms with Gasteiger partial charge in [-0.25, -0.2) is 4.68 Å². The average molecular weight is 357 g/mol. The molecule has 0 radical (unpaired) electrons. The fourth-order valence-corrected chi connectivity index (χ4v) is 2.77. The maximum atomic E-state index is 12.6. The van der Waals surface area contributed by atoms with Gasteiger partial charge in [0, 0.05) is 24.8 Å². The summed E-state index contributed by atoms with van der Waals surface area (Å²) in [5.41, 5.74) is 3.01. The van der Waals surface area contributed by atoms with E-state index >= 15 is 0 Å². The summed E-state index contributed by atoms with van der Waals surface area (Å²) in [6, 6.07) is 13.1. The van der Waals surface area contributed by atoms with Crippen molar-refractivity contribution in [1.29, 1.82) is 0 Å². The first-order valence-corrected chi connectivity index (χ1v) is 8.74. The van der Waals surface area contributed by atoms with Crippen molar-refractivity contribution < 1.29 is 4.79 Å². The lowest BCUT2D eigenvalue weighted by Crippen LogP contribution is -2.26. The van der Waals surface area contributed by atoms with E-state index < -0.39 is 0 Å². The molecule has 1 amide bonds. The highest BCUT2D eigenvalue weighted by Crippen LogP contribution is 2.22. The molecule has 1 aromatic carbocycles. The van der Waals surface area contributed by atoms with Crippen LogP contribution < -0.4 is 5.32 Å². The van der Waals surface area contributed by atoms with Gasteiger partial charge in [-0.1, -0.05) is 24.9 Å². The largest absolute Gasteiger partial charge is 0.351 e. The average Bonchev–Trinajstić information content (AvgIpc) is 3.22. The van der Waals surface area contributed by atoms with Crippen molar-refractivity contribution in [2.45, 2.75) is 19.8 Å². The molecule has 0 aliphatic carbocycles. The standard InChI is InChI=1S/C19H21ClN4O/c1-3-4-11-21-19(25)18-13-16(17-6-5-12-23(17)2)22-24(18)15-9-7-14(20)8-10-15/h5-10,12-13H,3-4,11H2,1-2H3,(H,21,25). The van der Waals surface area contributed by atoms with Crippen molar-refractivity contribution >= 4 is 17.5 Å². The molecule has 3 aromatic rings. The third kappa shape index (κ3) is 3.77. The van der Waals surface area contributed by atoms with Crippen molar-refractivity contribution in [3.05, 3.63) is 59.4 Å². The van der Waals surface area contributed by atoms with Gasteiger partial charge in [-0.15, -0.1) is 0 Å². The van der Waals surface area contributed by atoms with Gasteiger partial charge in [-0.05, 0) is 48.9 Å². The van der Waals surface area contributed by atoms with Crippen LogP contribution in [0.2, 0.25) is 5.02 Å². The van der Waals surface area contributed by atoms with Gasteiger partial charge in [0.1, 0.15) is 11.4 Å². The topological polar surface area (TPSA) is 51.9 Å². The molecule has 0 atom stereocenters. The van der Waals surface area contributed by atoms with Gasteiger partial charge in [-0.2, -0.15) is 5.10 Å². The minimum absolute atomic E-state index is 0.128.